The molecule has 0 atom stereocenters. The molecule has 0 unspecified atom stereocenters. The molecule has 0 aliphatic rings. The van der Waals surface area contributed by atoms with Gasteiger partial charge < -0.3 is 10.2 Å². The number of pyridine rings is 2. The number of aromatic nitrogens is 2. The van der Waals surface area contributed by atoms with E-state index in [-0.39, 0.29) is 0 Å². The van der Waals surface area contributed by atoms with Crippen LogP contribution >= 0.6 is 0 Å². The Morgan fingerprint density at radius 2 is 1.33 bits per heavy atom. The van der Waals surface area contributed by atoms with Gasteiger partial charge in [0, 0.05) is 12.3 Å². The molecule has 2 aromatic rings. The molecule has 2 rings (SSSR count). The van der Waals surface area contributed by atoms with E-state index in [9.17, 15) is 9.59 Å². The van der Waals surface area contributed by atoms with E-state index in [1.54, 1.807) is 0 Å². The maximum atomic E-state index is 11.2. The largest absolute Gasteiger partial charge is 0.478 e. The van der Waals surface area contributed by atoms with Gasteiger partial charge in [0.15, 0.2) is 0 Å². The Hall–Kier alpha value is -2.76. The Morgan fingerprint density at radius 3 is 1.67 bits per heavy atom. The van der Waals surface area contributed by atoms with Crippen LogP contribution in [0.5, 0.6) is 0 Å². The standard InChI is InChI=1S/C12H8N2O4/c15-11(16)7-1-3-13-9(5-7)10-6-8(12(17)18)2-4-14-10/h1-6H,(H,15,16)(H,17,18)/i1D,2D,3D,4D,5D,6D. The van der Waals surface area contributed by atoms with Crippen molar-refractivity contribution in [2.24, 2.45) is 0 Å². The topological polar surface area (TPSA) is 100 Å². The Balaban J connectivity index is 2.93. The van der Waals surface area contributed by atoms with Gasteiger partial charge in [-0.3, -0.25) is 9.97 Å². The number of hydrogen-bond acceptors (Lipinski definition) is 4. The number of aromatic carboxylic acids is 2. The highest BCUT2D eigenvalue weighted by Gasteiger charge is 2.09. The van der Waals surface area contributed by atoms with E-state index in [0.29, 0.717) is 0 Å². The van der Waals surface area contributed by atoms with Gasteiger partial charge in [-0.1, -0.05) is 0 Å². The summed E-state index contributed by atoms with van der Waals surface area (Å²) >= 11 is 0. The summed E-state index contributed by atoms with van der Waals surface area (Å²) in [4.78, 5) is 29.4. The highest BCUT2D eigenvalue weighted by molar-refractivity contribution is 5.90. The van der Waals surface area contributed by atoms with Crippen molar-refractivity contribution < 1.29 is 28.0 Å². The second-order valence-corrected chi connectivity index (χ2v) is 3.00. The number of carboxylic acids is 2. The van der Waals surface area contributed by atoms with Crippen molar-refractivity contribution in [3.05, 3.63) is 47.6 Å². The van der Waals surface area contributed by atoms with Crippen molar-refractivity contribution in [1.82, 2.24) is 9.97 Å². The normalized spacial score (nSPS) is 14.7. The summed E-state index contributed by atoms with van der Waals surface area (Å²) in [7, 11) is 0. The van der Waals surface area contributed by atoms with Crippen LogP contribution in [0.25, 0.3) is 11.4 Å². The second-order valence-electron chi connectivity index (χ2n) is 3.00. The van der Waals surface area contributed by atoms with Crippen LogP contribution in [-0.2, 0) is 0 Å². The summed E-state index contributed by atoms with van der Waals surface area (Å²) in [5.41, 5.74) is -2.95. The molecule has 0 bridgehead atoms. The fourth-order valence-electron chi connectivity index (χ4n) is 1.07. The molecule has 0 spiro atoms. The lowest BCUT2D eigenvalue weighted by Crippen LogP contribution is -2.00. The van der Waals surface area contributed by atoms with Gasteiger partial charge in [-0.25, -0.2) is 9.59 Å². The highest BCUT2D eigenvalue weighted by Crippen LogP contribution is 2.16. The molecule has 0 radical (unpaired) electrons. The van der Waals surface area contributed by atoms with Crippen LogP contribution in [0.2, 0.25) is 0 Å². The van der Waals surface area contributed by atoms with Crippen molar-refractivity contribution in [2.45, 2.75) is 0 Å². The van der Waals surface area contributed by atoms with Crippen molar-refractivity contribution >= 4 is 11.9 Å². The highest BCUT2D eigenvalue weighted by atomic mass is 16.4. The predicted octanol–water partition coefficient (Wildman–Crippen LogP) is 1.54. The Bertz CT molecular complexity index is 829. The molecule has 2 heterocycles. The molecule has 2 aromatic heterocycles. The van der Waals surface area contributed by atoms with Gasteiger partial charge in [-0.15, -0.1) is 0 Å². The summed E-state index contributed by atoms with van der Waals surface area (Å²) in [6.07, 6.45) is -1.61. The first kappa shape index (κ1) is 6.25. The van der Waals surface area contributed by atoms with E-state index < -0.39 is 71.0 Å². The molecule has 0 amide bonds. The van der Waals surface area contributed by atoms with E-state index in [0.717, 1.165) is 0 Å². The molecule has 0 saturated carbocycles. The lowest BCUT2D eigenvalue weighted by Gasteiger charge is -2.02. The molecule has 0 aromatic carbocycles. The zero-order valence-corrected chi connectivity index (χ0v) is 8.61. The van der Waals surface area contributed by atoms with Gasteiger partial charge in [0.1, 0.15) is 0 Å². The minimum Gasteiger partial charge on any atom is -0.478 e. The summed E-state index contributed by atoms with van der Waals surface area (Å²) in [5.74, 6) is -3.34. The molecule has 0 fully saturated rings. The van der Waals surface area contributed by atoms with E-state index >= 15 is 0 Å². The summed E-state index contributed by atoms with van der Waals surface area (Å²) in [5, 5.41) is 18.1. The van der Waals surface area contributed by atoms with E-state index in [1.807, 2.05) is 0 Å². The summed E-state index contributed by atoms with van der Waals surface area (Å²) in [6, 6.07) is -3.30. The van der Waals surface area contributed by atoms with Crippen LogP contribution in [-0.4, -0.2) is 32.1 Å². The lowest BCUT2D eigenvalue weighted by molar-refractivity contribution is 0.0686. The van der Waals surface area contributed by atoms with Crippen molar-refractivity contribution in [3.63, 3.8) is 0 Å². The van der Waals surface area contributed by atoms with Gasteiger partial charge >= 0.3 is 11.9 Å². The summed E-state index contributed by atoms with van der Waals surface area (Å²) in [6.45, 7) is 0. The van der Waals surface area contributed by atoms with Crippen LogP contribution < -0.4 is 0 Å². The van der Waals surface area contributed by atoms with Crippen LogP contribution in [0.15, 0.2) is 36.5 Å². The molecule has 90 valence electrons. The average molecular weight is 250 g/mol. The first-order valence-electron chi connectivity index (χ1n) is 7.50. The third-order valence-corrected chi connectivity index (χ3v) is 1.84. The van der Waals surface area contributed by atoms with Crippen LogP contribution in [0, 0.1) is 0 Å². The fourth-order valence-corrected chi connectivity index (χ4v) is 1.07. The van der Waals surface area contributed by atoms with E-state index in [2.05, 4.69) is 9.97 Å². The SMILES string of the molecule is [2H]c1nc(-c2nc([2H])c([2H])c(C(=O)O)c2[2H])c([2H])c(C(=O)O)c1[2H]. The monoisotopic (exact) mass is 250 g/mol. The van der Waals surface area contributed by atoms with Crippen LogP contribution in [0.1, 0.15) is 28.9 Å². The van der Waals surface area contributed by atoms with E-state index in [4.69, 9.17) is 18.4 Å². The first-order chi connectivity index (χ1) is 11.1. The Kier molecular flexibility index (Phi) is 1.60. The van der Waals surface area contributed by atoms with Gasteiger partial charge in [-0.05, 0) is 24.2 Å². The molecule has 0 aliphatic carbocycles. The molecule has 6 nitrogen and oxygen atoms in total. The number of rotatable bonds is 3. The molecule has 6 heteroatoms. The first-order valence-corrected chi connectivity index (χ1v) is 4.50. The molecule has 18 heavy (non-hydrogen) atoms. The van der Waals surface area contributed by atoms with Crippen molar-refractivity contribution in [1.29, 1.82) is 0 Å². The number of carbonyl (C=O) groups is 2. The second kappa shape index (κ2) is 4.62. The van der Waals surface area contributed by atoms with Crippen LogP contribution in [0.4, 0.5) is 0 Å². The van der Waals surface area contributed by atoms with Gasteiger partial charge in [-0.2, -0.15) is 0 Å². The number of nitrogens with zero attached hydrogens (tertiary/aromatic N) is 2. The maximum absolute atomic E-state index is 11.2. The third kappa shape index (κ3) is 2.32. The van der Waals surface area contributed by atoms with Crippen molar-refractivity contribution in [3.8, 4) is 11.4 Å². The van der Waals surface area contributed by atoms with Crippen molar-refractivity contribution in [2.75, 3.05) is 0 Å². The van der Waals surface area contributed by atoms with E-state index in [1.165, 1.54) is 0 Å². The molecule has 2 N–H and O–H groups in total. The zero-order valence-electron chi connectivity index (χ0n) is 14.6. The molecular weight excluding hydrogens is 236 g/mol. The van der Waals surface area contributed by atoms with Gasteiger partial charge in [0.2, 0.25) is 0 Å². The Labute approximate surface area is 110 Å². The van der Waals surface area contributed by atoms with Crippen LogP contribution in [0.3, 0.4) is 0 Å². The quantitative estimate of drug-likeness (QED) is 0.856. The Morgan fingerprint density at radius 1 is 0.944 bits per heavy atom. The smallest absolute Gasteiger partial charge is 0.335 e. The predicted molar refractivity (Wildman–Crippen MR) is 61.4 cm³/mol. The number of hydrogen-bond donors (Lipinski definition) is 2. The fraction of sp³-hybridized carbons (Fsp3) is 0. The number of carboxylic acid groups (broad SMARTS) is 2. The molecule has 0 aliphatic heterocycles. The minimum absolute atomic E-state index is 0.616. The maximum Gasteiger partial charge on any atom is 0.335 e. The summed E-state index contributed by atoms with van der Waals surface area (Å²) < 4.78 is 45.6. The minimum atomic E-state index is -1.67. The van der Waals surface area contributed by atoms with Gasteiger partial charge in [0.05, 0.1) is 30.7 Å². The van der Waals surface area contributed by atoms with Gasteiger partial charge in [0.25, 0.3) is 0 Å². The zero-order chi connectivity index (χ0) is 18.3. The third-order valence-electron chi connectivity index (χ3n) is 1.84. The lowest BCUT2D eigenvalue weighted by atomic mass is 10.1. The average Bonchev–Trinajstić information content (AvgIpc) is 2.46. The molecular formula is C12H8N2O4. The molecule has 0 saturated heterocycles.